The van der Waals surface area contributed by atoms with Crippen molar-refractivity contribution in [3.05, 3.63) is 6.42 Å². The van der Waals surface area contributed by atoms with Crippen molar-refractivity contribution in [3.8, 4) is 6.11 Å². The molecule has 0 aliphatic carbocycles. The van der Waals surface area contributed by atoms with Gasteiger partial charge < -0.3 is 11.2 Å². The average Bonchev–Trinajstić information content (AvgIpc) is 1.41. The summed E-state index contributed by atoms with van der Waals surface area (Å²) in [7, 11) is 0. The van der Waals surface area contributed by atoms with Gasteiger partial charge in [0.05, 0.1) is 6.61 Å². The average molecular weight is 92.1 g/mol. The molecule has 6 heavy (non-hydrogen) atoms. The Bertz CT molecular complexity index is 46.0. The largest absolute Gasteiger partial charge is 1.00 e. The van der Waals surface area contributed by atoms with Crippen molar-refractivity contribution in [2.45, 2.75) is 6.92 Å². The zero-order valence-electron chi connectivity index (χ0n) is 4.12. The molecule has 0 spiro atoms. The van der Waals surface area contributed by atoms with Gasteiger partial charge in [0, 0.05) is 0 Å². The van der Waals surface area contributed by atoms with E-state index in [9.17, 15) is 0 Å². The van der Waals surface area contributed by atoms with Crippen molar-refractivity contribution >= 4 is 0 Å². The molecule has 0 aromatic heterocycles. The van der Waals surface area contributed by atoms with Crippen molar-refractivity contribution in [2.24, 2.45) is 0 Å². The van der Waals surface area contributed by atoms with Crippen LogP contribution in [-0.2, 0) is 4.74 Å². The molecule has 0 aromatic rings. The van der Waals surface area contributed by atoms with E-state index in [0.29, 0.717) is 6.61 Å². The summed E-state index contributed by atoms with van der Waals surface area (Å²) < 4.78 is 4.25. The maximum absolute atomic E-state index is 6.13. The monoisotopic (exact) mass is 92.0 g/mol. The van der Waals surface area contributed by atoms with Gasteiger partial charge in [-0.05, 0) is 6.92 Å². The van der Waals surface area contributed by atoms with Crippen LogP contribution in [0.3, 0.4) is 0 Å². The van der Waals surface area contributed by atoms with Gasteiger partial charge in [0.25, 0.3) is 0 Å². The Kier molecular flexibility index (Phi) is 14.5. The third-order valence-corrected chi connectivity index (χ3v) is 0.217. The van der Waals surface area contributed by atoms with Gasteiger partial charge in [0.15, 0.2) is 0 Å². The van der Waals surface area contributed by atoms with Crippen LogP contribution in [0.4, 0.5) is 0 Å². The van der Waals surface area contributed by atoms with Gasteiger partial charge in [-0.3, -0.25) is 0 Å². The molecule has 0 bridgehead atoms. The predicted octanol–water partition coefficient (Wildman–Crippen LogP) is -2.43. The van der Waals surface area contributed by atoms with Gasteiger partial charge in [0.2, 0.25) is 0 Å². The number of rotatable bonds is 1. The van der Waals surface area contributed by atoms with Gasteiger partial charge in [0.1, 0.15) is 0 Å². The fourth-order valence-corrected chi connectivity index (χ4v) is 0.0722. The minimum atomic E-state index is 0. The first-order chi connectivity index (χ1) is 2.41. The number of hydrogen-bond donors (Lipinski definition) is 0. The van der Waals surface area contributed by atoms with E-state index >= 15 is 0 Å². The Morgan fingerprint density at radius 3 is 2.33 bits per heavy atom. The van der Waals surface area contributed by atoms with E-state index in [1.54, 1.807) is 6.11 Å². The Morgan fingerprint density at radius 1 is 1.83 bits per heavy atom. The van der Waals surface area contributed by atoms with E-state index in [0.717, 1.165) is 0 Å². The summed E-state index contributed by atoms with van der Waals surface area (Å²) in [5, 5.41) is 0. The molecule has 0 saturated heterocycles. The Hall–Kier alpha value is 0.360. The zero-order valence-corrected chi connectivity index (χ0v) is 6.12. The Morgan fingerprint density at radius 2 is 2.33 bits per heavy atom. The molecule has 0 unspecified atom stereocenters. The number of hydrogen-bond acceptors (Lipinski definition) is 1. The van der Waals surface area contributed by atoms with Crippen LogP contribution in [0.1, 0.15) is 6.92 Å². The molecular weight excluding hydrogens is 87.0 g/mol. The predicted molar refractivity (Wildman–Crippen MR) is 18.8 cm³/mol. The van der Waals surface area contributed by atoms with Gasteiger partial charge >= 0.3 is 29.6 Å². The standard InChI is InChI=1S/C4H5O.Na/c1-3-5-4-2;/h3H2,1H3;/q-1;+1. The van der Waals surface area contributed by atoms with Gasteiger partial charge in [-0.15, -0.1) is 6.11 Å². The quantitative estimate of drug-likeness (QED) is 0.198. The first-order valence-corrected chi connectivity index (χ1v) is 1.45. The van der Waals surface area contributed by atoms with Crippen LogP contribution < -0.4 is 29.6 Å². The van der Waals surface area contributed by atoms with Crippen LogP contribution in [0.25, 0.3) is 0 Å². The Balaban J connectivity index is 0. The van der Waals surface area contributed by atoms with E-state index in [1.807, 2.05) is 6.92 Å². The van der Waals surface area contributed by atoms with Crippen molar-refractivity contribution in [2.75, 3.05) is 6.61 Å². The normalized spacial score (nSPS) is 4.67. The maximum Gasteiger partial charge on any atom is 1.00 e. The molecule has 0 atom stereocenters. The SMILES string of the molecule is [C-]#COCC.[Na+]. The second-order valence-corrected chi connectivity index (χ2v) is 0.535. The van der Waals surface area contributed by atoms with Crippen LogP contribution in [0.5, 0.6) is 0 Å². The topological polar surface area (TPSA) is 9.23 Å². The molecule has 0 rings (SSSR count). The molecule has 0 amide bonds. The smallest absolute Gasteiger partial charge is 0.648 e. The molecule has 2 heteroatoms. The minimum Gasteiger partial charge on any atom is -0.648 e. The minimum absolute atomic E-state index is 0. The van der Waals surface area contributed by atoms with E-state index in [4.69, 9.17) is 6.42 Å². The first-order valence-electron chi connectivity index (χ1n) is 1.45. The molecule has 0 aliphatic heterocycles. The molecule has 0 aliphatic rings. The summed E-state index contributed by atoms with van der Waals surface area (Å²) in [6.45, 7) is 2.35. The summed E-state index contributed by atoms with van der Waals surface area (Å²) in [5.41, 5.74) is 0. The second kappa shape index (κ2) is 9.03. The second-order valence-electron chi connectivity index (χ2n) is 0.535. The van der Waals surface area contributed by atoms with Gasteiger partial charge in [-0.1, -0.05) is 0 Å². The summed E-state index contributed by atoms with van der Waals surface area (Å²) in [6.07, 6.45) is 7.90. The molecule has 0 fully saturated rings. The van der Waals surface area contributed by atoms with Crippen LogP contribution in [0, 0.1) is 12.5 Å². The van der Waals surface area contributed by atoms with Crippen molar-refractivity contribution in [1.82, 2.24) is 0 Å². The fourth-order valence-electron chi connectivity index (χ4n) is 0.0722. The van der Waals surface area contributed by atoms with E-state index < -0.39 is 0 Å². The van der Waals surface area contributed by atoms with Crippen molar-refractivity contribution < 1.29 is 34.3 Å². The third-order valence-electron chi connectivity index (χ3n) is 0.217. The molecule has 0 radical (unpaired) electrons. The summed E-state index contributed by atoms with van der Waals surface area (Å²) >= 11 is 0. The van der Waals surface area contributed by atoms with Crippen molar-refractivity contribution in [1.29, 1.82) is 0 Å². The first kappa shape index (κ1) is 9.61. The molecule has 0 heterocycles. The summed E-state index contributed by atoms with van der Waals surface area (Å²) in [4.78, 5) is 0. The molecule has 0 aromatic carbocycles. The van der Waals surface area contributed by atoms with E-state index in [-0.39, 0.29) is 29.6 Å². The van der Waals surface area contributed by atoms with E-state index in [1.165, 1.54) is 0 Å². The molecule has 1 nitrogen and oxygen atoms in total. The van der Waals surface area contributed by atoms with Crippen molar-refractivity contribution in [3.63, 3.8) is 0 Å². The molecular formula is C4H5NaO. The zero-order chi connectivity index (χ0) is 4.12. The van der Waals surface area contributed by atoms with Crippen LogP contribution in [-0.4, -0.2) is 6.61 Å². The van der Waals surface area contributed by atoms with Crippen LogP contribution in [0.15, 0.2) is 0 Å². The summed E-state index contributed by atoms with van der Waals surface area (Å²) in [6, 6.07) is 0. The summed E-state index contributed by atoms with van der Waals surface area (Å²) in [5.74, 6) is 0. The molecule has 0 N–H and O–H groups in total. The van der Waals surface area contributed by atoms with Gasteiger partial charge in [-0.25, -0.2) is 0 Å². The number of ether oxygens (including phenoxy) is 1. The van der Waals surface area contributed by atoms with E-state index in [2.05, 4.69) is 4.74 Å². The molecule has 0 saturated carbocycles. The maximum atomic E-state index is 6.13. The third kappa shape index (κ3) is 8.84. The van der Waals surface area contributed by atoms with Crippen LogP contribution >= 0.6 is 0 Å². The Labute approximate surface area is 60.4 Å². The van der Waals surface area contributed by atoms with Gasteiger partial charge in [-0.2, -0.15) is 0 Å². The fraction of sp³-hybridized carbons (Fsp3) is 0.500. The van der Waals surface area contributed by atoms with Crippen LogP contribution in [0.2, 0.25) is 0 Å². The molecule has 28 valence electrons.